The molecular weight excluding hydrogens is 429 g/mol. The van der Waals surface area contributed by atoms with E-state index in [1.165, 1.54) is 17.3 Å². The van der Waals surface area contributed by atoms with E-state index in [1.54, 1.807) is 10.9 Å². The lowest BCUT2D eigenvalue weighted by molar-refractivity contribution is -0.192. The maximum absolute atomic E-state index is 11.0. The van der Waals surface area contributed by atoms with Crippen molar-refractivity contribution in [1.29, 1.82) is 0 Å². The summed E-state index contributed by atoms with van der Waals surface area (Å²) in [4.78, 5) is 26.8. The van der Waals surface area contributed by atoms with Gasteiger partial charge in [0.1, 0.15) is 0 Å². The van der Waals surface area contributed by atoms with Gasteiger partial charge in [0, 0.05) is 31.7 Å². The highest BCUT2D eigenvalue weighted by Gasteiger charge is 2.38. The normalized spacial score (nSPS) is 17.4. The molecule has 3 rings (SSSR count). The summed E-state index contributed by atoms with van der Waals surface area (Å²) in [7, 11) is 0. The van der Waals surface area contributed by atoms with Crippen LogP contribution in [-0.2, 0) is 16.8 Å². The summed E-state index contributed by atoms with van der Waals surface area (Å²) in [6.07, 6.45) is 3.97. The van der Waals surface area contributed by atoms with E-state index < -0.39 is 18.1 Å². The number of pyridine rings is 1. The Morgan fingerprint density at radius 3 is 2.34 bits per heavy atom. The summed E-state index contributed by atoms with van der Waals surface area (Å²) in [5.74, 6) is -3.68. The van der Waals surface area contributed by atoms with E-state index in [2.05, 4.69) is 41.8 Å². The van der Waals surface area contributed by atoms with Gasteiger partial charge in [0.15, 0.2) is 0 Å². The van der Waals surface area contributed by atoms with Crippen molar-refractivity contribution in [3.8, 4) is 0 Å². The SMILES string of the molecule is CC(C)(C)c1cncc(CN2CCCC(n3cc(C(=O)O)cn3)C2)c1.O=C(O)C(F)(F)F. The number of aromatic carboxylic acids is 1. The molecule has 2 N–H and O–H groups in total. The summed E-state index contributed by atoms with van der Waals surface area (Å²) in [6, 6.07) is 2.47. The van der Waals surface area contributed by atoms with E-state index in [4.69, 9.17) is 15.0 Å². The maximum atomic E-state index is 11.0. The Kier molecular flexibility index (Phi) is 8.00. The van der Waals surface area contributed by atoms with Crippen LogP contribution in [0, 0.1) is 0 Å². The Labute approximate surface area is 183 Å². The third kappa shape index (κ3) is 7.33. The number of carboxylic acids is 2. The minimum atomic E-state index is -5.08. The molecule has 176 valence electrons. The molecule has 0 aliphatic carbocycles. The van der Waals surface area contributed by atoms with E-state index in [1.807, 2.05) is 12.4 Å². The van der Waals surface area contributed by atoms with Crippen molar-refractivity contribution < 1.29 is 33.0 Å². The molecule has 1 saturated heterocycles. The molecule has 1 fully saturated rings. The van der Waals surface area contributed by atoms with Gasteiger partial charge >= 0.3 is 18.1 Å². The minimum absolute atomic E-state index is 0.0930. The smallest absolute Gasteiger partial charge is 0.478 e. The molecule has 0 spiro atoms. The molecule has 1 unspecified atom stereocenters. The summed E-state index contributed by atoms with van der Waals surface area (Å²) in [5.41, 5.74) is 2.81. The van der Waals surface area contributed by atoms with Gasteiger partial charge in [-0.15, -0.1) is 0 Å². The highest BCUT2D eigenvalue weighted by molar-refractivity contribution is 5.86. The fourth-order valence-corrected chi connectivity index (χ4v) is 3.28. The van der Waals surface area contributed by atoms with Crippen LogP contribution >= 0.6 is 0 Å². The fraction of sp³-hybridized carbons (Fsp3) is 0.524. The number of nitrogens with zero attached hydrogens (tertiary/aromatic N) is 4. The van der Waals surface area contributed by atoms with E-state index in [-0.39, 0.29) is 17.0 Å². The monoisotopic (exact) mass is 456 g/mol. The van der Waals surface area contributed by atoms with Crippen LogP contribution in [-0.4, -0.2) is 61.1 Å². The molecule has 2 aromatic heterocycles. The van der Waals surface area contributed by atoms with Gasteiger partial charge in [-0.1, -0.05) is 26.8 Å². The van der Waals surface area contributed by atoms with Gasteiger partial charge in [0.05, 0.1) is 17.8 Å². The average molecular weight is 456 g/mol. The average Bonchev–Trinajstić information content (AvgIpc) is 3.18. The molecule has 0 bridgehead atoms. The summed E-state index contributed by atoms with van der Waals surface area (Å²) in [5, 5.41) is 20.4. The number of rotatable bonds is 4. The van der Waals surface area contributed by atoms with E-state index in [0.29, 0.717) is 0 Å². The predicted molar refractivity (Wildman–Crippen MR) is 109 cm³/mol. The lowest BCUT2D eigenvalue weighted by atomic mass is 9.87. The first-order valence-corrected chi connectivity index (χ1v) is 10.0. The number of likely N-dealkylation sites (tertiary alicyclic amines) is 1. The maximum Gasteiger partial charge on any atom is 0.490 e. The third-order valence-corrected chi connectivity index (χ3v) is 5.01. The molecule has 1 aliphatic rings. The zero-order valence-electron chi connectivity index (χ0n) is 18.1. The number of carbonyl (C=O) groups is 2. The summed E-state index contributed by atoms with van der Waals surface area (Å²) >= 11 is 0. The van der Waals surface area contributed by atoms with Crippen molar-refractivity contribution in [2.24, 2.45) is 0 Å². The Hall–Kier alpha value is -2.95. The molecule has 32 heavy (non-hydrogen) atoms. The largest absolute Gasteiger partial charge is 0.490 e. The zero-order valence-corrected chi connectivity index (χ0v) is 18.1. The third-order valence-electron chi connectivity index (χ3n) is 5.01. The first kappa shape index (κ1) is 25.3. The lowest BCUT2D eigenvalue weighted by Gasteiger charge is -2.33. The van der Waals surface area contributed by atoms with Crippen molar-refractivity contribution in [2.75, 3.05) is 13.1 Å². The lowest BCUT2D eigenvalue weighted by Crippen LogP contribution is -2.36. The van der Waals surface area contributed by atoms with Crippen molar-refractivity contribution in [1.82, 2.24) is 19.7 Å². The second-order valence-electron chi connectivity index (χ2n) is 8.68. The van der Waals surface area contributed by atoms with Crippen molar-refractivity contribution >= 4 is 11.9 Å². The molecule has 1 aliphatic heterocycles. The number of halogens is 3. The van der Waals surface area contributed by atoms with Crippen LogP contribution in [0.3, 0.4) is 0 Å². The minimum Gasteiger partial charge on any atom is -0.478 e. The van der Waals surface area contributed by atoms with Crippen LogP contribution in [0.15, 0.2) is 30.9 Å². The van der Waals surface area contributed by atoms with Gasteiger partial charge < -0.3 is 10.2 Å². The predicted octanol–water partition coefficient (Wildman–Crippen LogP) is 3.74. The van der Waals surface area contributed by atoms with Crippen LogP contribution in [0.25, 0.3) is 0 Å². The van der Waals surface area contributed by atoms with E-state index >= 15 is 0 Å². The number of aliphatic carboxylic acids is 1. The van der Waals surface area contributed by atoms with Gasteiger partial charge in [-0.05, 0) is 35.9 Å². The Balaban J connectivity index is 0.000000451. The van der Waals surface area contributed by atoms with E-state index in [9.17, 15) is 18.0 Å². The second kappa shape index (κ2) is 10.1. The van der Waals surface area contributed by atoms with Crippen LogP contribution in [0.5, 0.6) is 0 Å². The Morgan fingerprint density at radius 2 is 1.81 bits per heavy atom. The standard InChI is InChI=1S/C19H26N4O2.C2HF3O2/c1-19(2,3)16-7-14(8-20-10-16)11-22-6-4-5-17(13-22)23-12-15(9-21-23)18(24)25;3-2(4,5)1(6)7/h7-10,12,17H,4-6,11,13H2,1-3H3,(H,24,25);(H,6,7). The number of aromatic nitrogens is 3. The van der Waals surface area contributed by atoms with Gasteiger partial charge in [-0.25, -0.2) is 9.59 Å². The molecule has 2 aromatic rings. The number of hydrogen-bond acceptors (Lipinski definition) is 5. The molecule has 0 saturated carbocycles. The van der Waals surface area contributed by atoms with Gasteiger partial charge in [0.25, 0.3) is 0 Å². The van der Waals surface area contributed by atoms with Gasteiger partial charge in [-0.2, -0.15) is 18.3 Å². The molecular formula is C21H27F3N4O4. The van der Waals surface area contributed by atoms with Gasteiger partial charge in [0.2, 0.25) is 0 Å². The quantitative estimate of drug-likeness (QED) is 0.721. The van der Waals surface area contributed by atoms with Crippen molar-refractivity contribution in [3.05, 3.63) is 47.5 Å². The molecule has 8 nitrogen and oxygen atoms in total. The molecule has 0 radical (unpaired) electrons. The number of carboxylic acid groups (broad SMARTS) is 2. The summed E-state index contributed by atoms with van der Waals surface area (Å²) < 4.78 is 33.5. The zero-order chi connectivity index (χ0) is 24.1. The second-order valence-corrected chi connectivity index (χ2v) is 8.68. The van der Waals surface area contributed by atoms with Gasteiger partial charge in [-0.3, -0.25) is 14.6 Å². The Bertz CT molecular complexity index is 938. The van der Waals surface area contributed by atoms with Crippen LogP contribution in [0.1, 0.15) is 61.1 Å². The molecule has 1 atom stereocenters. The van der Waals surface area contributed by atoms with E-state index in [0.717, 1.165) is 32.5 Å². The molecule has 11 heteroatoms. The fourth-order valence-electron chi connectivity index (χ4n) is 3.28. The molecule has 3 heterocycles. The first-order valence-electron chi connectivity index (χ1n) is 10.0. The highest BCUT2D eigenvalue weighted by atomic mass is 19.4. The van der Waals surface area contributed by atoms with Crippen LogP contribution in [0.2, 0.25) is 0 Å². The number of alkyl halides is 3. The number of piperidine rings is 1. The molecule has 0 aromatic carbocycles. The van der Waals surface area contributed by atoms with Crippen LogP contribution < -0.4 is 0 Å². The van der Waals surface area contributed by atoms with Crippen LogP contribution in [0.4, 0.5) is 13.2 Å². The topological polar surface area (TPSA) is 109 Å². The summed E-state index contributed by atoms with van der Waals surface area (Å²) in [6.45, 7) is 9.37. The Morgan fingerprint density at radius 1 is 1.16 bits per heavy atom. The highest BCUT2D eigenvalue weighted by Crippen LogP contribution is 2.25. The first-order chi connectivity index (χ1) is 14.8. The molecule has 0 amide bonds. The van der Waals surface area contributed by atoms with Crippen molar-refractivity contribution in [2.45, 2.75) is 57.8 Å². The van der Waals surface area contributed by atoms with Crippen molar-refractivity contribution in [3.63, 3.8) is 0 Å². The number of hydrogen-bond donors (Lipinski definition) is 2.